The summed E-state index contributed by atoms with van der Waals surface area (Å²) < 4.78 is 10.9. The molecule has 2 rings (SSSR count). The van der Waals surface area contributed by atoms with E-state index in [-0.39, 0.29) is 6.42 Å². The Hall–Kier alpha value is -1.20. The van der Waals surface area contributed by atoms with Crippen molar-refractivity contribution in [2.75, 3.05) is 14.2 Å². The maximum absolute atomic E-state index is 9.59. The molecule has 0 heterocycles. The number of hydrogen-bond donors (Lipinski definition) is 2. The van der Waals surface area contributed by atoms with Gasteiger partial charge in [-0.3, -0.25) is 0 Å². The molecule has 0 spiro atoms. The van der Waals surface area contributed by atoms with Gasteiger partial charge in [0.15, 0.2) is 0 Å². The van der Waals surface area contributed by atoms with Gasteiger partial charge in [0.1, 0.15) is 19.3 Å². The number of ether oxygens (including phenoxy) is 2. The van der Waals surface area contributed by atoms with Gasteiger partial charge in [-0.05, 0) is 30.9 Å². The maximum Gasteiger partial charge on any atom is 0.135 e. The number of rotatable bonds is 5. The van der Waals surface area contributed by atoms with Gasteiger partial charge in [-0.25, -0.2) is 0 Å². The summed E-state index contributed by atoms with van der Waals surface area (Å²) in [5, 5.41) is 9.59. The Morgan fingerprint density at radius 3 is 2.35 bits per heavy atom. The van der Waals surface area contributed by atoms with Crippen LogP contribution in [0, 0.1) is 0 Å². The molecule has 1 aliphatic rings. The second-order valence-corrected chi connectivity index (χ2v) is 5.56. The zero-order chi connectivity index (χ0) is 14.8. The molecule has 5 heteroatoms. The molecule has 1 atom stereocenters. The summed E-state index contributed by atoms with van der Waals surface area (Å²) in [6.07, 6.45) is 4.97. The molecule has 0 bridgehead atoms. The average molecular weight is 275 g/mol. The lowest BCUT2D eigenvalue weighted by atomic mass is 9.84. The fourth-order valence-corrected chi connectivity index (χ4v) is 2.98. The van der Waals surface area contributed by atoms with Crippen LogP contribution in [0.2, 0.25) is 0 Å². The second kappa shape index (κ2) is 6.06. The Balaban J connectivity index is 2.39. The predicted octanol–water partition coefficient (Wildman–Crippen LogP) is 1.68. The first-order valence-electron chi connectivity index (χ1n) is 6.99. The molecule has 0 aromatic heterocycles. The third-order valence-corrected chi connectivity index (χ3v) is 3.90. The third kappa shape index (κ3) is 3.47. The van der Waals surface area contributed by atoms with E-state index in [0.717, 1.165) is 11.3 Å². The van der Waals surface area contributed by atoms with Crippen LogP contribution < -0.4 is 15.2 Å². The first-order valence-corrected chi connectivity index (χ1v) is 6.99. The molecule has 1 aliphatic carbocycles. The van der Waals surface area contributed by atoms with Crippen molar-refractivity contribution < 1.29 is 14.6 Å². The molecule has 1 aromatic carbocycles. The van der Waals surface area contributed by atoms with E-state index in [9.17, 15) is 5.11 Å². The molecule has 108 valence electrons. The smallest absolute Gasteiger partial charge is 0.135 e. The van der Waals surface area contributed by atoms with E-state index in [1.807, 2.05) is 12.1 Å². The number of hydrogen-bond acceptors (Lipinski definition) is 4. The van der Waals surface area contributed by atoms with Crippen LogP contribution >= 0.6 is 0 Å². The van der Waals surface area contributed by atoms with Crippen molar-refractivity contribution in [1.29, 1.82) is 0 Å². The molecular formula is C15H22BNO3. The number of methoxy groups -OCH3 is 2. The van der Waals surface area contributed by atoms with Crippen molar-refractivity contribution in [1.82, 2.24) is 0 Å². The van der Waals surface area contributed by atoms with Crippen molar-refractivity contribution in [3.63, 3.8) is 0 Å². The third-order valence-electron chi connectivity index (χ3n) is 3.90. The molecule has 3 N–H and O–H groups in total. The van der Waals surface area contributed by atoms with Crippen molar-refractivity contribution in [2.24, 2.45) is 5.73 Å². The summed E-state index contributed by atoms with van der Waals surface area (Å²) in [6.45, 7) is 0. The van der Waals surface area contributed by atoms with Crippen molar-refractivity contribution in [3.8, 4) is 11.5 Å². The highest BCUT2D eigenvalue weighted by Crippen LogP contribution is 2.41. The van der Waals surface area contributed by atoms with Crippen molar-refractivity contribution in [3.05, 3.63) is 23.3 Å². The van der Waals surface area contributed by atoms with E-state index < -0.39 is 5.62 Å². The molecule has 0 aliphatic heterocycles. The van der Waals surface area contributed by atoms with Gasteiger partial charge in [-0.15, -0.1) is 0 Å². The predicted molar refractivity (Wildman–Crippen MR) is 79.4 cm³/mol. The summed E-state index contributed by atoms with van der Waals surface area (Å²) in [4.78, 5) is 0. The summed E-state index contributed by atoms with van der Waals surface area (Å²) in [6, 6.07) is 3.87. The highest BCUT2D eigenvalue weighted by molar-refractivity contribution is 6.13. The fourth-order valence-electron chi connectivity index (χ4n) is 2.98. The second-order valence-electron chi connectivity index (χ2n) is 5.56. The Morgan fingerprint density at radius 2 is 1.85 bits per heavy atom. The summed E-state index contributed by atoms with van der Waals surface area (Å²) in [5.41, 5.74) is 5.64. The van der Waals surface area contributed by atoms with Gasteiger partial charge < -0.3 is 20.3 Å². The minimum absolute atomic E-state index is 0.109. The summed E-state index contributed by atoms with van der Waals surface area (Å²) in [7, 11) is 8.74. The summed E-state index contributed by atoms with van der Waals surface area (Å²) >= 11 is 0. The molecule has 0 amide bonds. The van der Waals surface area contributed by atoms with E-state index in [0.29, 0.717) is 11.7 Å². The minimum Gasteiger partial charge on any atom is -0.496 e. The van der Waals surface area contributed by atoms with Gasteiger partial charge in [0, 0.05) is 17.5 Å². The number of aliphatic hydroxyl groups is 1. The Labute approximate surface area is 121 Å². The molecular weight excluding hydrogens is 253 g/mol. The van der Waals surface area contributed by atoms with E-state index in [4.69, 9.17) is 23.1 Å². The zero-order valence-electron chi connectivity index (χ0n) is 12.2. The normalized spacial score (nSPS) is 18.8. The van der Waals surface area contributed by atoms with Gasteiger partial charge in [0.05, 0.1) is 19.8 Å². The van der Waals surface area contributed by atoms with Crippen molar-refractivity contribution >= 4 is 7.85 Å². The van der Waals surface area contributed by atoms with Crippen LogP contribution in [0.1, 0.15) is 42.7 Å². The molecule has 1 unspecified atom stereocenters. The van der Waals surface area contributed by atoms with Gasteiger partial charge >= 0.3 is 0 Å². The Morgan fingerprint density at radius 1 is 1.25 bits per heavy atom. The quantitative estimate of drug-likeness (QED) is 0.634. The van der Waals surface area contributed by atoms with Gasteiger partial charge in [-0.1, -0.05) is 12.8 Å². The molecule has 1 fully saturated rings. The van der Waals surface area contributed by atoms with E-state index >= 15 is 0 Å². The first-order chi connectivity index (χ1) is 9.44. The van der Waals surface area contributed by atoms with E-state index in [2.05, 4.69) is 0 Å². The highest BCUT2D eigenvalue weighted by Gasteiger charge is 2.24. The molecule has 4 nitrogen and oxygen atoms in total. The van der Waals surface area contributed by atoms with Crippen LogP contribution in [0.5, 0.6) is 11.5 Å². The molecule has 1 aromatic rings. The minimum atomic E-state index is -1.76. The standard InChI is InChI=1S/C15H22BNO3/c1-19-13-8-12(10-5-3-4-6-10)14(20-2)7-11(13)9-15(16,17)18/h7-8,10,18H,3-6,9,17H2,1-2H3. The van der Waals surface area contributed by atoms with Crippen LogP contribution in [0.25, 0.3) is 0 Å². The number of benzene rings is 1. The van der Waals surface area contributed by atoms with Crippen molar-refractivity contribution in [2.45, 2.75) is 43.6 Å². The monoisotopic (exact) mass is 275 g/mol. The molecule has 2 radical (unpaired) electrons. The zero-order valence-corrected chi connectivity index (χ0v) is 12.2. The van der Waals surface area contributed by atoms with Crippen LogP contribution in [-0.4, -0.2) is 32.8 Å². The SMILES string of the molecule is [B]C(N)(O)Cc1cc(OC)c(C2CCCC2)cc1OC. The molecule has 1 saturated carbocycles. The van der Waals surface area contributed by atoms with E-state index in [1.165, 1.54) is 31.2 Å². The fraction of sp³-hybridized carbons (Fsp3) is 0.600. The topological polar surface area (TPSA) is 64.7 Å². The van der Waals surface area contributed by atoms with Gasteiger partial charge in [-0.2, -0.15) is 0 Å². The largest absolute Gasteiger partial charge is 0.496 e. The Kier molecular flexibility index (Phi) is 4.61. The summed E-state index contributed by atoms with van der Waals surface area (Å²) in [5.74, 6) is 2.03. The molecule has 0 saturated heterocycles. The lowest BCUT2D eigenvalue weighted by molar-refractivity contribution is 0.135. The lowest BCUT2D eigenvalue weighted by Crippen LogP contribution is -2.42. The average Bonchev–Trinajstić information content (AvgIpc) is 2.90. The first kappa shape index (κ1) is 15.2. The van der Waals surface area contributed by atoms with E-state index in [1.54, 1.807) is 14.2 Å². The number of nitrogens with two attached hydrogens (primary N) is 1. The van der Waals surface area contributed by atoms with Gasteiger partial charge in [0.25, 0.3) is 0 Å². The van der Waals surface area contributed by atoms with Crippen LogP contribution in [0.4, 0.5) is 0 Å². The lowest BCUT2D eigenvalue weighted by Gasteiger charge is -2.22. The molecule has 20 heavy (non-hydrogen) atoms. The van der Waals surface area contributed by atoms with Crippen LogP contribution in [0.15, 0.2) is 12.1 Å². The maximum atomic E-state index is 9.59. The highest BCUT2D eigenvalue weighted by atomic mass is 16.5. The Bertz CT molecular complexity index is 465. The van der Waals surface area contributed by atoms with Crippen LogP contribution in [0.3, 0.4) is 0 Å². The van der Waals surface area contributed by atoms with Crippen LogP contribution in [-0.2, 0) is 6.42 Å². The van der Waals surface area contributed by atoms with Gasteiger partial charge in [0.2, 0.25) is 0 Å².